The first kappa shape index (κ1) is 29.6. The molecule has 0 rings (SSSR count). The fourth-order valence-electron chi connectivity index (χ4n) is 0.261. The molecule has 0 radical (unpaired) electrons. The van der Waals surface area contributed by atoms with Crippen LogP contribution in [0.3, 0.4) is 0 Å². The Labute approximate surface area is 225 Å². The van der Waals surface area contributed by atoms with E-state index in [4.69, 9.17) is 0 Å². The van der Waals surface area contributed by atoms with Gasteiger partial charge in [-0.05, 0) is 0 Å². The van der Waals surface area contributed by atoms with Gasteiger partial charge in [0.2, 0.25) is 10.4 Å². The van der Waals surface area contributed by atoms with Crippen LogP contribution in [0.1, 0.15) is 0 Å². The van der Waals surface area contributed by atoms with Gasteiger partial charge in [0.15, 0.2) is 20.6 Å². The van der Waals surface area contributed by atoms with E-state index >= 15 is 0 Å². The first-order valence-electron chi connectivity index (χ1n) is 2.21. The second kappa shape index (κ2) is 11.1. The van der Waals surface area contributed by atoms with E-state index in [0.717, 1.165) is 0 Å². The summed E-state index contributed by atoms with van der Waals surface area (Å²) in [6, 6.07) is 0. The molecule has 0 aromatic heterocycles. The molecule has 0 N–H and O–H groups in total. The Kier molecular flexibility index (Phi) is 19.4. The van der Waals surface area contributed by atoms with Gasteiger partial charge in [-0.2, -0.15) is 4.28 Å². The van der Waals surface area contributed by atoms with Gasteiger partial charge in [-0.3, -0.25) is 0 Å². The Morgan fingerprint density at radius 1 is 0.706 bits per heavy atom. The average molecular weight is 387 g/mol. The van der Waals surface area contributed by atoms with Crippen LogP contribution in [0, 0.1) is 0 Å². The predicted molar refractivity (Wildman–Crippen MR) is 32.0 cm³/mol. The molecule has 0 aromatic carbocycles. The van der Waals surface area contributed by atoms with Gasteiger partial charge >= 0.3 is 154 Å². The molecule has 0 aliphatic carbocycles. The largest absolute Gasteiger partial charge is 1.00 e. The molecule has 0 unspecified atom stereocenters. The van der Waals surface area contributed by atoms with Crippen molar-refractivity contribution in [3.05, 3.63) is 0 Å². The summed E-state index contributed by atoms with van der Waals surface area (Å²) in [5.74, 6) is 0. The number of hydrogen-bond acceptors (Lipinski definition) is 10. The molecule has 0 spiro atoms. The minimum atomic E-state index is -6.07. The van der Waals surface area contributed by atoms with Crippen molar-refractivity contribution in [3.8, 4) is 0 Å². The zero-order valence-corrected chi connectivity index (χ0v) is 20.6. The number of hydrogen-bond donors (Lipinski definition) is 0. The van der Waals surface area contributed by atoms with Crippen LogP contribution in [0.2, 0.25) is 0 Å². The summed E-state index contributed by atoms with van der Waals surface area (Å²) in [4.78, 5) is 0. The van der Waals surface area contributed by atoms with E-state index in [9.17, 15) is 38.9 Å². The summed E-state index contributed by atoms with van der Waals surface area (Å²) < 4.78 is 89.3. The van der Waals surface area contributed by atoms with Crippen LogP contribution in [-0.4, -0.2) is 42.8 Å². The van der Waals surface area contributed by atoms with Crippen LogP contribution >= 0.6 is 0 Å². The van der Waals surface area contributed by atoms with E-state index in [1.165, 1.54) is 0 Å². The van der Waals surface area contributed by atoms with Crippen LogP contribution in [0.4, 0.5) is 0 Å². The Balaban J connectivity index is -0.000000282. The van der Waals surface area contributed by atoms with Crippen molar-refractivity contribution in [2.75, 3.05) is 0 Å². The molecule has 11 nitrogen and oxygen atoms in total. The summed E-state index contributed by atoms with van der Waals surface area (Å²) in [5, 5.41) is 0. The van der Waals surface area contributed by atoms with Gasteiger partial charge in [0.05, 0.1) is 0 Å². The SMILES string of the molecule is O=S(=O)([O-])ON(S(=O)(=O)[O-])S(=O)(=O)[O-].[K+].[K+].[K+]. The summed E-state index contributed by atoms with van der Waals surface area (Å²) >= 11 is 0. The minimum absolute atomic E-state index is 0. The van der Waals surface area contributed by atoms with Crippen LogP contribution in [0.5, 0.6) is 0 Å². The van der Waals surface area contributed by atoms with Crippen molar-refractivity contribution >= 4 is 31.0 Å². The quantitative estimate of drug-likeness (QED) is 0.194. The normalized spacial score (nSPS) is 12.0. The van der Waals surface area contributed by atoms with Gasteiger partial charge < -0.3 is 13.7 Å². The Morgan fingerprint density at radius 3 is 1.00 bits per heavy atom. The molecule has 0 saturated heterocycles. The molecular weight excluding hydrogens is 387 g/mol. The summed E-state index contributed by atoms with van der Waals surface area (Å²) in [5.41, 5.74) is 0. The number of nitrogens with zero attached hydrogens (tertiary/aromatic N) is 1. The molecular formula is K3NO10S3. The fraction of sp³-hybridized carbons (Fsp3) is 0. The third-order valence-corrected chi connectivity index (χ3v) is 3.01. The Hall–Kier alpha value is 4.56. The number of rotatable bonds is 4. The Bertz CT molecular complexity index is 467. The van der Waals surface area contributed by atoms with Gasteiger partial charge in [0, 0.05) is 3.87 Å². The van der Waals surface area contributed by atoms with Crippen LogP contribution in [0.15, 0.2) is 0 Å². The monoisotopic (exact) mass is 387 g/mol. The molecule has 0 heterocycles. The van der Waals surface area contributed by atoms with E-state index in [1.807, 2.05) is 0 Å². The van der Waals surface area contributed by atoms with Crippen LogP contribution in [0.25, 0.3) is 0 Å². The maximum Gasteiger partial charge on any atom is 1.00 e. The fourth-order valence-corrected chi connectivity index (χ4v) is 2.35. The molecule has 0 atom stereocenters. The topological polar surface area (TPSA) is 184 Å². The summed E-state index contributed by atoms with van der Waals surface area (Å²) in [7, 11) is -18.0. The van der Waals surface area contributed by atoms with Gasteiger partial charge in [-0.1, -0.05) is 0 Å². The standard InChI is InChI=1S/3K.H3NO10S3/c;;;2-12(3,4)1(13(5,6)7)11-14(8,9)10/h;;;(H,2,3,4)(H,5,6,7)(H,8,9,10)/q3*+1;/p-3. The maximum atomic E-state index is 9.92. The first-order chi connectivity index (χ1) is 5.84. The zero-order chi connectivity index (χ0) is 11.8. The second-order valence-corrected chi connectivity index (χ2v) is 5.13. The smallest absolute Gasteiger partial charge is 0.733 e. The molecule has 0 aliphatic heterocycles. The van der Waals surface area contributed by atoms with E-state index in [2.05, 4.69) is 4.28 Å². The van der Waals surface area contributed by atoms with E-state index in [-0.39, 0.29) is 154 Å². The van der Waals surface area contributed by atoms with Crippen molar-refractivity contribution in [2.24, 2.45) is 0 Å². The van der Waals surface area contributed by atoms with Crippen LogP contribution in [-0.2, 0) is 35.3 Å². The maximum absolute atomic E-state index is 9.92. The molecule has 86 valence electrons. The van der Waals surface area contributed by atoms with E-state index in [0.29, 0.717) is 0 Å². The van der Waals surface area contributed by atoms with Gasteiger partial charge in [0.1, 0.15) is 0 Å². The van der Waals surface area contributed by atoms with Gasteiger partial charge in [-0.15, -0.1) is 0 Å². The van der Waals surface area contributed by atoms with Crippen LogP contribution < -0.4 is 154 Å². The average Bonchev–Trinajstić information content (AvgIpc) is 1.75. The minimum Gasteiger partial charge on any atom is -0.733 e. The molecule has 0 aromatic rings. The third kappa shape index (κ3) is 15.2. The van der Waals surface area contributed by atoms with E-state index in [1.54, 1.807) is 0 Å². The van der Waals surface area contributed by atoms with Crippen molar-refractivity contribution in [1.82, 2.24) is 3.87 Å². The zero-order valence-electron chi connectivity index (χ0n) is 8.75. The molecule has 0 aliphatic rings. The molecule has 17 heavy (non-hydrogen) atoms. The Morgan fingerprint density at radius 2 is 0.941 bits per heavy atom. The van der Waals surface area contributed by atoms with Crippen molar-refractivity contribution < 1.29 is 197 Å². The van der Waals surface area contributed by atoms with Crippen molar-refractivity contribution in [1.29, 1.82) is 0 Å². The predicted octanol–water partition coefficient (Wildman–Crippen LogP) is -12.4. The third-order valence-electron chi connectivity index (χ3n) is 0.517. The molecule has 0 amide bonds. The van der Waals surface area contributed by atoms with Crippen molar-refractivity contribution in [3.63, 3.8) is 0 Å². The molecule has 0 bridgehead atoms. The first-order valence-corrected chi connectivity index (χ1v) is 6.28. The van der Waals surface area contributed by atoms with Gasteiger partial charge in [-0.25, -0.2) is 25.3 Å². The summed E-state index contributed by atoms with van der Waals surface area (Å²) in [6.07, 6.45) is 0. The van der Waals surface area contributed by atoms with E-state index < -0.39 is 34.9 Å². The molecule has 0 fully saturated rings. The molecule has 17 heteroatoms. The van der Waals surface area contributed by atoms with Gasteiger partial charge in [0.25, 0.3) is 0 Å². The molecule has 0 saturated carbocycles. The van der Waals surface area contributed by atoms with Crippen molar-refractivity contribution in [2.45, 2.75) is 0 Å². The summed E-state index contributed by atoms with van der Waals surface area (Å²) in [6.45, 7) is 0. The second-order valence-electron chi connectivity index (χ2n) is 1.56.